The first-order valence-electron chi connectivity index (χ1n) is 7.25. The molecule has 1 aliphatic rings. The second kappa shape index (κ2) is 7.04. The summed E-state index contributed by atoms with van der Waals surface area (Å²) in [6.45, 7) is 8.15. The number of benzene rings is 1. The minimum absolute atomic E-state index is 0.291. The van der Waals surface area contributed by atoms with Gasteiger partial charge in [0.2, 0.25) is 0 Å². The van der Waals surface area contributed by atoms with Crippen molar-refractivity contribution in [1.82, 2.24) is 10.2 Å². The van der Waals surface area contributed by atoms with Crippen molar-refractivity contribution in [3.8, 4) is 0 Å². The van der Waals surface area contributed by atoms with Crippen LogP contribution in [0, 0.1) is 5.41 Å². The largest absolute Gasteiger partial charge is 0.381 e. The SMILES string of the molecule is CCNCC1(CN(C)Cc2ccccc2)CCOC1. The normalized spacial score (nSPS) is 23.1. The summed E-state index contributed by atoms with van der Waals surface area (Å²) in [5.74, 6) is 0. The summed E-state index contributed by atoms with van der Waals surface area (Å²) in [4.78, 5) is 2.42. The predicted molar refractivity (Wildman–Crippen MR) is 79.2 cm³/mol. The fourth-order valence-electron chi connectivity index (χ4n) is 2.88. The van der Waals surface area contributed by atoms with E-state index in [9.17, 15) is 0 Å². The average Bonchev–Trinajstić information content (AvgIpc) is 2.86. The summed E-state index contributed by atoms with van der Waals surface area (Å²) in [6.07, 6.45) is 1.17. The standard InChI is InChI=1S/C16H26N2O/c1-3-17-12-16(9-10-19-14-16)13-18(2)11-15-7-5-4-6-8-15/h4-8,17H,3,9-14H2,1-2H3. The molecular formula is C16H26N2O. The monoisotopic (exact) mass is 262 g/mol. The van der Waals surface area contributed by atoms with E-state index >= 15 is 0 Å². The molecule has 19 heavy (non-hydrogen) atoms. The number of nitrogens with zero attached hydrogens (tertiary/aromatic N) is 1. The Labute approximate surface area is 116 Å². The van der Waals surface area contributed by atoms with E-state index in [2.05, 4.69) is 54.5 Å². The molecular weight excluding hydrogens is 236 g/mol. The maximum atomic E-state index is 5.64. The lowest BCUT2D eigenvalue weighted by atomic mass is 9.86. The molecule has 0 saturated carbocycles. The molecule has 1 fully saturated rings. The summed E-state index contributed by atoms with van der Waals surface area (Å²) in [5, 5.41) is 3.49. The van der Waals surface area contributed by atoms with Crippen LogP contribution in [0.4, 0.5) is 0 Å². The van der Waals surface area contributed by atoms with Crippen LogP contribution in [-0.2, 0) is 11.3 Å². The van der Waals surface area contributed by atoms with Gasteiger partial charge in [-0.2, -0.15) is 0 Å². The minimum Gasteiger partial charge on any atom is -0.381 e. The summed E-state index contributed by atoms with van der Waals surface area (Å²) >= 11 is 0. The highest BCUT2D eigenvalue weighted by atomic mass is 16.5. The Balaban J connectivity index is 1.90. The Morgan fingerprint density at radius 1 is 1.32 bits per heavy atom. The fraction of sp³-hybridized carbons (Fsp3) is 0.625. The maximum absolute atomic E-state index is 5.64. The molecule has 3 nitrogen and oxygen atoms in total. The summed E-state index contributed by atoms with van der Waals surface area (Å²) in [6, 6.07) is 10.7. The Morgan fingerprint density at radius 2 is 2.11 bits per heavy atom. The Kier molecular flexibility index (Phi) is 5.37. The molecule has 1 atom stereocenters. The zero-order chi connectivity index (χ0) is 13.6. The van der Waals surface area contributed by atoms with Crippen LogP contribution in [0.3, 0.4) is 0 Å². The molecule has 1 aliphatic heterocycles. The van der Waals surface area contributed by atoms with Crippen molar-refractivity contribution in [2.75, 3.05) is 39.9 Å². The number of nitrogens with one attached hydrogen (secondary N) is 1. The maximum Gasteiger partial charge on any atom is 0.0547 e. The second-order valence-corrected chi connectivity index (χ2v) is 5.74. The first kappa shape index (κ1) is 14.5. The first-order valence-corrected chi connectivity index (χ1v) is 7.25. The Hall–Kier alpha value is -0.900. The highest BCUT2D eigenvalue weighted by Gasteiger charge is 2.35. The van der Waals surface area contributed by atoms with Gasteiger partial charge in [0.05, 0.1) is 6.61 Å². The molecule has 0 spiro atoms. The Bertz CT molecular complexity index is 360. The van der Waals surface area contributed by atoms with Gasteiger partial charge in [0, 0.05) is 31.7 Å². The highest BCUT2D eigenvalue weighted by Crippen LogP contribution is 2.29. The van der Waals surface area contributed by atoms with Crippen LogP contribution in [0.15, 0.2) is 30.3 Å². The van der Waals surface area contributed by atoms with Crippen LogP contribution in [0.25, 0.3) is 0 Å². The van der Waals surface area contributed by atoms with E-state index in [4.69, 9.17) is 4.74 Å². The van der Waals surface area contributed by atoms with Crippen LogP contribution in [0.1, 0.15) is 18.9 Å². The van der Waals surface area contributed by atoms with Crippen LogP contribution >= 0.6 is 0 Å². The summed E-state index contributed by atoms with van der Waals surface area (Å²) in [7, 11) is 2.21. The van der Waals surface area contributed by atoms with Crippen LogP contribution in [-0.4, -0.2) is 44.8 Å². The number of hydrogen-bond donors (Lipinski definition) is 1. The average molecular weight is 262 g/mol. The lowest BCUT2D eigenvalue weighted by molar-refractivity contribution is 0.117. The van der Waals surface area contributed by atoms with E-state index in [1.807, 2.05) is 0 Å². The third kappa shape index (κ3) is 4.30. The van der Waals surface area contributed by atoms with Crippen LogP contribution in [0.2, 0.25) is 0 Å². The molecule has 1 aromatic carbocycles. The van der Waals surface area contributed by atoms with E-state index in [1.165, 1.54) is 12.0 Å². The molecule has 0 amide bonds. The molecule has 3 heteroatoms. The third-order valence-electron chi connectivity index (χ3n) is 3.84. The number of hydrogen-bond acceptors (Lipinski definition) is 3. The van der Waals surface area contributed by atoms with Crippen molar-refractivity contribution < 1.29 is 4.74 Å². The molecule has 1 unspecified atom stereocenters. The van der Waals surface area contributed by atoms with Crippen LogP contribution < -0.4 is 5.32 Å². The molecule has 1 N–H and O–H groups in total. The molecule has 106 valence electrons. The minimum atomic E-state index is 0.291. The second-order valence-electron chi connectivity index (χ2n) is 5.74. The van der Waals surface area contributed by atoms with Gasteiger partial charge in [0.25, 0.3) is 0 Å². The van der Waals surface area contributed by atoms with Gasteiger partial charge in [0.1, 0.15) is 0 Å². The van der Waals surface area contributed by atoms with Crippen LogP contribution in [0.5, 0.6) is 0 Å². The summed E-state index contributed by atoms with van der Waals surface area (Å²) in [5.41, 5.74) is 1.67. The molecule has 0 aliphatic carbocycles. The smallest absolute Gasteiger partial charge is 0.0547 e. The van der Waals surface area contributed by atoms with E-state index in [0.29, 0.717) is 5.41 Å². The molecule has 2 rings (SSSR count). The van der Waals surface area contributed by atoms with E-state index in [-0.39, 0.29) is 0 Å². The lowest BCUT2D eigenvalue weighted by Gasteiger charge is -2.32. The van der Waals surface area contributed by atoms with Gasteiger partial charge in [-0.05, 0) is 25.6 Å². The van der Waals surface area contributed by atoms with Gasteiger partial charge >= 0.3 is 0 Å². The van der Waals surface area contributed by atoms with Gasteiger partial charge in [-0.1, -0.05) is 37.3 Å². The fourth-order valence-corrected chi connectivity index (χ4v) is 2.88. The molecule has 1 aromatic rings. The van der Waals surface area contributed by atoms with Gasteiger partial charge < -0.3 is 15.0 Å². The molecule has 0 radical (unpaired) electrons. The molecule has 1 heterocycles. The van der Waals surface area contributed by atoms with E-state index in [0.717, 1.165) is 39.4 Å². The van der Waals surface area contributed by atoms with Crippen molar-refractivity contribution in [3.63, 3.8) is 0 Å². The Morgan fingerprint density at radius 3 is 2.74 bits per heavy atom. The predicted octanol–water partition coefficient (Wildman–Crippen LogP) is 2.13. The van der Waals surface area contributed by atoms with E-state index < -0.39 is 0 Å². The topological polar surface area (TPSA) is 24.5 Å². The van der Waals surface area contributed by atoms with Gasteiger partial charge in [-0.25, -0.2) is 0 Å². The van der Waals surface area contributed by atoms with Crippen molar-refractivity contribution in [2.24, 2.45) is 5.41 Å². The molecule has 0 bridgehead atoms. The van der Waals surface area contributed by atoms with E-state index in [1.54, 1.807) is 0 Å². The zero-order valence-electron chi connectivity index (χ0n) is 12.2. The van der Waals surface area contributed by atoms with Gasteiger partial charge in [-0.3, -0.25) is 0 Å². The lowest BCUT2D eigenvalue weighted by Crippen LogP contribution is -2.43. The van der Waals surface area contributed by atoms with Crippen molar-refractivity contribution in [1.29, 1.82) is 0 Å². The van der Waals surface area contributed by atoms with Crippen molar-refractivity contribution >= 4 is 0 Å². The zero-order valence-corrected chi connectivity index (χ0v) is 12.2. The molecule has 0 aromatic heterocycles. The van der Waals surface area contributed by atoms with Gasteiger partial charge in [-0.15, -0.1) is 0 Å². The van der Waals surface area contributed by atoms with Gasteiger partial charge in [0.15, 0.2) is 0 Å². The van der Waals surface area contributed by atoms with Crippen molar-refractivity contribution in [2.45, 2.75) is 19.9 Å². The first-order chi connectivity index (χ1) is 9.24. The third-order valence-corrected chi connectivity index (χ3v) is 3.84. The van der Waals surface area contributed by atoms with Crippen molar-refractivity contribution in [3.05, 3.63) is 35.9 Å². The molecule has 1 saturated heterocycles. The highest BCUT2D eigenvalue weighted by molar-refractivity contribution is 5.14. The summed E-state index contributed by atoms with van der Waals surface area (Å²) < 4.78 is 5.64. The number of rotatable bonds is 7. The number of ether oxygens (including phenoxy) is 1. The quantitative estimate of drug-likeness (QED) is 0.815.